The van der Waals surface area contributed by atoms with Crippen molar-refractivity contribution in [3.05, 3.63) is 68.9 Å². The van der Waals surface area contributed by atoms with Crippen molar-refractivity contribution in [2.24, 2.45) is 0 Å². The van der Waals surface area contributed by atoms with Crippen molar-refractivity contribution in [2.75, 3.05) is 19.0 Å². The highest BCUT2D eigenvalue weighted by Crippen LogP contribution is 2.18. The van der Waals surface area contributed by atoms with Gasteiger partial charge in [0.15, 0.2) is 0 Å². The fraction of sp³-hybridized carbons (Fsp3) is 0.200. The van der Waals surface area contributed by atoms with Crippen LogP contribution < -0.4 is 15.4 Å². The Labute approximate surface area is 167 Å². The second-order valence-electron chi connectivity index (χ2n) is 5.64. The van der Waals surface area contributed by atoms with Gasteiger partial charge in [-0.3, -0.25) is 4.79 Å². The van der Waals surface area contributed by atoms with Gasteiger partial charge in [0.1, 0.15) is 17.4 Å². The monoisotopic (exact) mass is 461 g/mol. The average Bonchev–Trinajstić information content (AvgIpc) is 2.64. The summed E-state index contributed by atoms with van der Waals surface area (Å²) in [6.45, 7) is 2.52. The molecular formula is C20H20IN3O2. The number of ether oxygens (including phenoxy) is 1. The number of methoxy groups -OCH3 is 1. The molecule has 0 aromatic heterocycles. The van der Waals surface area contributed by atoms with E-state index in [4.69, 9.17) is 4.74 Å². The number of nitrogens with one attached hydrogen (secondary N) is 2. The number of carbonyl (C=O) groups excluding carboxylic acids is 1. The van der Waals surface area contributed by atoms with E-state index in [1.54, 1.807) is 7.11 Å². The first-order valence-corrected chi connectivity index (χ1v) is 9.15. The maximum Gasteiger partial charge on any atom is 0.267 e. The Balaban J connectivity index is 1.92. The first-order chi connectivity index (χ1) is 12.5. The summed E-state index contributed by atoms with van der Waals surface area (Å²) < 4.78 is 6.28. The average molecular weight is 461 g/mol. The van der Waals surface area contributed by atoms with Crippen LogP contribution in [-0.4, -0.2) is 19.6 Å². The summed E-state index contributed by atoms with van der Waals surface area (Å²) in [6.07, 6.45) is 2.21. The van der Waals surface area contributed by atoms with E-state index in [0.29, 0.717) is 12.2 Å². The molecule has 0 atom stereocenters. The van der Waals surface area contributed by atoms with Crippen LogP contribution in [-0.2, 0) is 11.2 Å². The molecule has 0 aliphatic rings. The number of nitriles is 1. The molecule has 5 nitrogen and oxygen atoms in total. The van der Waals surface area contributed by atoms with Crippen LogP contribution in [0.3, 0.4) is 0 Å². The standard InChI is InChI=1S/C20H20IN3O2/c1-14-10-17(21)6-7-19(14)24-20(25)16(12-22)13-23-9-8-15-4-3-5-18(11-15)26-2/h3-7,10-11,13,23H,8-9H2,1-2H3,(H,24,25)/b16-13-. The van der Waals surface area contributed by atoms with Gasteiger partial charge in [-0.2, -0.15) is 5.26 Å². The third kappa shape index (κ3) is 5.77. The van der Waals surface area contributed by atoms with Gasteiger partial charge in [0.05, 0.1) is 7.11 Å². The molecule has 2 N–H and O–H groups in total. The highest BCUT2D eigenvalue weighted by atomic mass is 127. The predicted molar refractivity (Wildman–Crippen MR) is 111 cm³/mol. The summed E-state index contributed by atoms with van der Waals surface area (Å²) in [5.41, 5.74) is 2.80. The summed E-state index contributed by atoms with van der Waals surface area (Å²) in [5, 5.41) is 15.0. The first-order valence-electron chi connectivity index (χ1n) is 8.07. The van der Waals surface area contributed by atoms with Gasteiger partial charge in [-0.15, -0.1) is 0 Å². The van der Waals surface area contributed by atoms with Crippen molar-refractivity contribution in [1.29, 1.82) is 5.26 Å². The molecule has 134 valence electrons. The summed E-state index contributed by atoms with van der Waals surface area (Å²) in [4.78, 5) is 12.3. The molecule has 6 heteroatoms. The minimum absolute atomic E-state index is 0.0357. The van der Waals surface area contributed by atoms with E-state index in [2.05, 4.69) is 33.2 Å². The van der Waals surface area contributed by atoms with Crippen LogP contribution in [0.5, 0.6) is 5.75 Å². The molecule has 2 rings (SSSR count). The number of anilines is 1. The van der Waals surface area contributed by atoms with E-state index in [9.17, 15) is 10.1 Å². The minimum Gasteiger partial charge on any atom is -0.497 e. The van der Waals surface area contributed by atoms with Crippen molar-refractivity contribution >= 4 is 34.2 Å². The number of benzene rings is 2. The number of nitrogens with zero attached hydrogens (tertiary/aromatic N) is 1. The molecule has 0 saturated heterocycles. The maximum atomic E-state index is 12.3. The lowest BCUT2D eigenvalue weighted by Gasteiger charge is -2.08. The molecule has 2 aromatic carbocycles. The number of hydrogen-bond donors (Lipinski definition) is 2. The Morgan fingerprint density at radius 2 is 2.12 bits per heavy atom. The van der Waals surface area contributed by atoms with E-state index in [1.807, 2.05) is 55.5 Å². The summed E-state index contributed by atoms with van der Waals surface area (Å²) in [7, 11) is 1.63. The SMILES string of the molecule is COc1cccc(CCN/C=C(/C#N)C(=O)Nc2ccc(I)cc2C)c1. The largest absolute Gasteiger partial charge is 0.497 e. The fourth-order valence-electron chi connectivity index (χ4n) is 2.32. The van der Waals surface area contributed by atoms with Crippen LogP contribution in [0.2, 0.25) is 0 Å². The van der Waals surface area contributed by atoms with Crippen molar-refractivity contribution in [2.45, 2.75) is 13.3 Å². The lowest BCUT2D eigenvalue weighted by Crippen LogP contribution is -2.18. The van der Waals surface area contributed by atoms with Crippen molar-refractivity contribution < 1.29 is 9.53 Å². The van der Waals surface area contributed by atoms with Gasteiger partial charge in [-0.25, -0.2) is 0 Å². The number of rotatable bonds is 7. The number of hydrogen-bond acceptors (Lipinski definition) is 4. The smallest absolute Gasteiger partial charge is 0.267 e. The molecule has 26 heavy (non-hydrogen) atoms. The molecule has 0 spiro atoms. The van der Waals surface area contributed by atoms with Crippen LogP contribution in [0.25, 0.3) is 0 Å². The third-order valence-electron chi connectivity index (χ3n) is 3.74. The number of carbonyl (C=O) groups is 1. The Morgan fingerprint density at radius 3 is 2.81 bits per heavy atom. The van der Waals surface area contributed by atoms with Crippen LogP contribution >= 0.6 is 22.6 Å². The van der Waals surface area contributed by atoms with Crippen LogP contribution in [0.15, 0.2) is 54.2 Å². The van der Waals surface area contributed by atoms with Gasteiger partial charge >= 0.3 is 0 Å². The number of amides is 1. The highest BCUT2D eigenvalue weighted by Gasteiger charge is 2.10. The Hall–Kier alpha value is -2.53. The number of halogens is 1. The molecule has 2 aromatic rings. The fourth-order valence-corrected chi connectivity index (χ4v) is 2.97. The van der Waals surface area contributed by atoms with E-state index < -0.39 is 5.91 Å². The normalized spacial score (nSPS) is 10.8. The molecule has 0 unspecified atom stereocenters. The third-order valence-corrected chi connectivity index (χ3v) is 4.41. The summed E-state index contributed by atoms with van der Waals surface area (Å²) >= 11 is 2.21. The second kappa shape index (κ2) is 9.82. The van der Waals surface area contributed by atoms with Crippen LogP contribution in [0.4, 0.5) is 5.69 Å². The molecule has 0 heterocycles. The Bertz CT molecular complexity index is 856. The van der Waals surface area contributed by atoms with Gasteiger partial charge < -0.3 is 15.4 Å². The van der Waals surface area contributed by atoms with E-state index in [0.717, 1.165) is 26.9 Å². The van der Waals surface area contributed by atoms with Crippen molar-refractivity contribution in [3.8, 4) is 11.8 Å². The van der Waals surface area contributed by atoms with Gasteiger partial charge in [0.2, 0.25) is 0 Å². The van der Waals surface area contributed by atoms with Crippen molar-refractivity contribution in [1.82, 2.24) is 5.32 Å². The van der Waals surface area contributed by atoms with E-state index in [-0.39, 0.29) is 5.57 Å². The highest BCUT2D eigenvalue weighted by molar-refractivity contribution is 14.1. The molecule has 0 bridgehead atoms. The lowest BCUT2D eigenvalue weighted by molar-refractivity contribution is -0.112. The van der Waals surface area contributed by atoms with Crippen LogP contribution in [0.1, 0.15) is 11.1 Å². The molecular weight excluding hydrogens is 441 g/mol. The zero-order chi connectivity index (χ0) is 18.9. The molecule has 0 aliphatic heterocycles. The van der Waals surface area contributed by atoms with Gasteiger partial charge in [-0.05, 0) is 77.4 Å². The second-order valence-corrected chi connectivity index (χ2v) is 6.88. The first kappa shape index (κ1) is 19.8. The van der Waals surface area contributed by atoms with Crippen molar-refractivity contribution in [3.63, 3.8) is 0 Å². The van der Waals surface area contributed by atoms with Crippen LogP contribution in [0, 0.1) is 21.8 Å². The molecule has 0 aliphatic carbocycles. The van der Waals surface area contributed by atoms with Gasteiger partial charge in [0.25, 0.3) is 5.91 Å². The quantitative estimate of drug-likeness (QED) is 0.285. The molecule has 1 amide bonds. The predicted octanol–water partition coefficient (Wildman–Crippen LogP) is 3.79. The van der Waals surface area contributed by atoms with E-state index >= 15 is 0 Å². The molecule has 0 radical (unpaired) electrons. The molecule has 0 saturated carbocycles. The Morgan fingerprint density at radius 1 is 1.31 bits per heavy atom. The Kier molecular flexibility index (Phi) is 7.48. The number of aryl methyl sites for hydroxylation is 1. The minimum atomic E-state index is -0.425. The van der Waals surface area contributed by atoms with E-state index in [1.165, 1.54) is 6.20 Å². The zero-order valence-corrected chi connectivity index (χ0v) is 16.8. The molecule has 0 fully saturated rings. The lowest BCUT2D eigenvalue weighted by atomic mass is 10.1. The van der Waals surface area contributed by atoms with Gasteiger partial charge in [0, 0.05) is 22.0 Å². The summed E-state index contributed by atoms with van der Waals surface area (Å²) in [6, 6.07) is 15.4. The maximum absolute atomic E-state index is 12.3. The topological polar surface area (TPSA) is 74.1 Å². The summed E-state index contributed by atoms with van der Waals surface area (Å²) in [5.74, 6) is 0.383. The zero-order valence-electron chi connectivity index (χ0n) is 14.7. The van der Waals surface area contributed by atoms with Gasteiger partial charge in [-0.1, -0.05) is 12.1 Å².